The zero-order valence-electron chi connectivity index (χ0n) is 5.88. The maximum absolute atomic E-state index is 10.3. The van der Waals surface area contributed by atoms with Crippen molar-refractivity contribution in [3.8, 4) is 0 Å². The maximum Gasteiger partial charge on any atom is 0.325 e. The van der Waals surface area contributed by atoms with Gasteiger partial charge in [-0.2, -0.15) is 0 Å². The molecule has 0 aliphatic rings. The van der Waals surface area contributed by atoms with Gasteiger partial charge in [-0.3, -0.25) is 9.82 Å². The van der Waals surface area contributed by atoms with Crippen LogP contribution in [-0.2, 0) is 9.45 Å². The third-order valence-electron chi connectivity index (χ3n) is 1.08. The lowest BCUT2D eigenvalue weighted by Crippen LogP contribution is -2.26. The maximum atomic E-state index is 10.3. The van der Waals surface area contributed by atoms with Crippen LogP contribution in [0.4, 0.5) is 0 Å². The smallest absolute Gasteiger partial charge is 0.325 e. The summed E-state index contributed by atoms with van der Waals surface area (Å²) >= 11 is 0. The van der Waals surface area contributed by atoms with Crippen molar-refractivity contribution in [2.75, 3.05) is 12.8 Å². The van der Waals surface area contributed by atoms with Gasteiger partial charge in [-0.1, -0.05) is 0 Å². The van der Waals surface area contributed by atoms with Crippen molar-refractivity contribution >= 4 is 7.60 Å². The van der Waals surface area contributed by atoms with Crippen molar-refractivity contribution in [1.82, 2.24) is 0 Å². The summed E-state index contributed by atoms with van der Waals surface area (Å²) in [7, 11) is -3.96. The summed E-state index contributed by atoms with van der Waals surface area (Å²) in [6.45, 7) is -0.111. The summed E-state index contributed by atoms with van der Waals surface area (Å²) in [5.41, 5.74) is 5.26. The van der Waals surface area contributed by atoms with E-state index >= 15 is 0 Å². The highest BCUT2D eigenvalue weighted by Crippen LogP contribution is 2.34. The van der Waals surface area contributed by atoms with Crippen LogP contribution in [0.5, 0.6) is 0 Å². The molecule has 7 heteroatoms. The lowest BCUT2D eigenvalue weighted by Gasteiger charge is -2.09. The van der Waals surface area contributed by atoms with Crippen LogP contribution in [0.25, 0.3) is 0 Å². The quantitative estimate of drug-likeness (QED) is 0.257. The SMILES string of the molecule is NC(CCP(=O)(O)O)COO. The van der Waals surface area contributed by atoms with Gasteiger partial charge in [0.2, 0.25) is 0 Å². The Morgan fingerprint density at radius 3 is 2.45 bits per heavy atom. The summed E-state index contributed by atoms with van der Waals surface area (Å²) in [6.07, 6.45) is -0.150. The summed E-state index contributed by atoms with van der Waals surface area (Å²) in [5.74, 6) is 0. The Morgan fingerprint density at radius 2 is 2.09 bits per heavy atom. The minimum Gasteiger partial charge on any atom is -0.326 e. The van der Waals surface area contributed by atoms with Crippen LogP contribution >= 0.6 is 7.60 Å². The molecule has 0 fully saturated rings. The third-order valence-corrected chi connectivity index (χ3v) is 1.92. The third kappa shape index (κ3) is 7.93. The average molecular weight is 185 g/mol. The van der Waals surface area contributed by atoms with Gasteiger partial charge in [0.25, 0.3) is 0 Å². The second-order valence-electron chi connectivity index (χ2n) is 2.23. The van der Waals surface area contributed by atoms with E-state index in [9.17, 15) is 4.57 Å². The Morgan fingerprint density at radius 1 is 1.55 bits per heavy atom. The van der Waals surface area contributed by atoms with Crippen LogP contribution in [-0.4, -0.2) is 33.9 Å². The average Bonchev–Trinajstić information content (AvgIpc) is 1.83. The number of rotatable bonds is 5. The van der Waals surface area contributed by atoms with E-state index in [1.54, 1.807) is 0 Å². The molecule has 0 saturated carbocycles. The first kappa shape index (κ1) is 11.0. The molecule has 0 aromatic carbocycles. The molecule has 11 heavy (non-hydrogen) atoms. The molecule has 68 valence electrons. The number of hydrogen-bond donors (Lipinski definition) is 4. The first-order valence-corrected chi connectivity index (χ1v) is 4.82. The second kappa shape index (κ2) is 4.82. The van der Waals surface area contributed by atoms with Crippen molar-refractivity contribution in [1.29, 1.82) is 0 Å². The molecular weight excluding hydrogens is 173 g/mol. The largest absolute Gasteiger partial charge is 0.326 e. The second-order valence-corrected chi connectivity index (χ2v) is 4.01. The van der Waals surface area contributed by atoms with Crippen molar-refractivity contribution in [3.05, 3.63) is 0 Å². The van der Waals surface area contributed by atoms with Crippen molar-refractivity contribution in [3.63, 3.8) is 0 Å². The number of hydrogen-bond acceptors (Lipinski definition) is 4. The molecule has 0 aromatic heterocycles. The van der Waals surface area contributed by atoms with E-state index in [0.717, 1.165) is 0 Å². The van der Waals surface area contributed by atoms with E-state index in [2.05, 4.69) is 4.89 Å². The molecule has 5 N–H and O–H groups in total. The Hall–Kier alpha value is 0.0300. The van der Waals surface area contributed by atoms with Crippen molar-refractivity contribution in [2.45, 2.75) is 12.5 Å². The van der Waals surface area contributed by atoms with Crippen molar-refractivity contribution in [2.24, 2.45) is 5.73 Å². The van der Waals surface area contributed by atoms with Crippen LogP contribution in [0.3, 0.4) is 0 Å². The topological polar surface area (TPSA) is 113 Å². The van der Waals surface area contributed by atoms with Gasteiger partial charge in [0, 0.05) is 6.04 Å². The molecule has 1 unspecified atom stereocenters. The Labute approximate surface area is 64.1 Å². The predicted molar refractivity (Wildman–Crippen MR) is 38.1 cm³/mol. The molecule has 0 rings (SSSR count). The van der Waals surface area contributed by atoms with Gasteiger partial charge in [-0.25, -0.2) is 4.89 Å². The normalized spacial score (nSPS) is 14.9. The predicted octanol–water partition coefficient (Wildman–Crippen LogP) is -0.629. The molecule has 0 bridgehead atoms. The van der Waals surface area contributed by atoms with Gasteiger partial charge in [-0.15, -0.1) is 0 Å². The minimum absolute atomic E-state index is 0.111. The lowest BCUT2D eigenvalue weighted by atomic mass is 10.3. The lowest BCUT2D eigenvalue weighted by molar-refractivity contribution is -0.245. The van der Waals surface area contributed by atoms with Crippen LogP contribution < -0.4 is 5.73 Å². The molecule has 0 aliphatic heterocycles. The van der Waals surface area contributed by atoms with Crippen LogP contribution in [0.1, 0.15) is 6.42 Å². The van der Waals surface area contributed by atoms with E-state index in [0.29, 0.717) is 0 Å². The first-order chi connectivity index (χ1) is 4.95. The number of nitrogens with two attached hydrogens (primary N) is 1. The van der Waals surface area contributed by atoms with Gasteiger partial charge >= 0.3 is 7.60 Å². The van der Waals surface area contributed by atoms with Crippen LogP contribution in [0.15, 0.2) is 0 Å². The van der Waals surface area contributed by atoms with E-state index in [4.69, 9.17) is 20.8 Å². The highest BCUT2D eigenvalue weighted by Gasteiger charge is 2.14. The first-order valence-electron chi connectivity index (χ1n) is 3.02. The van der Waals surface area contributed by atoms with Gasteiger partial charge < -0.3 is 15.5 Å². The fraction of sp³-hybridized carbons (Fsp3) is 1.00. The molecule has 0 aromatic rings. The van der Waals surface area contributed by atoms with Crippen LogP contribution in [0, 0.1) is 0 Å². The Bertz CT molecular complexity index is 145. The highest BCUT2D eigenvalue weighted by atomic mass is 31.2. The standard InChI is InChI=1S/C4H12NO5P/c5-4(3-10-6)1-2-11(7,8)9/h4,6H,1-3,5H2,(H2,7,8,9). The van der Waals surface area contributed by atoms with Gasteiger partial charge in [-0.05, 0) is 6.42 Å². The van der Waals surface area contributed by atoms with Crippen molar-refractivity contribution < 1.29 is 24.5 Å². The fourth-order valence-corrected chi connectivity index (χ4v) is 1.18. The zero-order chi connectivity index (χ0) is 8.91. The zero-order valence-corrected chi connectivity index (χ0v) is 6.78. The minimum atomic E-state index is -3.96. The monoisotopic (exact) mass is 185 g/mol. The van der Waals surface area contributed by atoms with Crippen LogP contribution in [0.2, 0.25) is 0 Å². The molecule has 0 aliphatic carbocycles. The highest BCUT2D eigenvalue weighted by molar-refractivity contribution is 7.51. The Balaban J connectivity index is 3.46. The molecule has 0 radical (unpaired) electrons. The molecular formula is C4H12NO5P. The molecule has 1 atom stereocenters. The molecule has 0 heterocycles. The van der Waals surface area contributed by atoms with E-state index in [1.807, 2.05) is 0 Å². The summed E-state index contributed by atoms with van der Waals surface area (Å²) in [4.78, 5) is 20.5. The van der Waals surface area contributed by atoms with E-state index < -0.39 is 13.6 Å². The van der Waals surface area contributed by atoms with E-state index in [1.165, 1.54) is 0 Å². The molecule has 0 saturated heterocycles. The molecule has 0 spiro atoms. The Kier molecular flexibility index (Phi) is 4.83. The fourth-order valence-electron chi connectivity index (χ4n) is 0.513. The van der Waals surface area contributed by atoms with E-state index in [-0.39, 0.29) is 19.2 Å². The van der Waals surface area contributed by atoms with Gasteiger partial charge in [0.1, 0.15) is 0 Å². The summed E-state index contributed by atoms with van der Waals surface area (Å²) in [5, 5.41) is 7.89. The summed E-state index contributed by atoms with van der Waals surface area (Å²) < 4.78 is 10.3. The van der Waals surface area contributed by atoms with Gasteiger partial charge in [0.05, 0.1) is 12.8 Å². The molecule has 0 amide bonds. The molecule has 6 nitrogen and oxygen atoms in total. The van der Waals surface area contributed by atoms with Gasteiger partial charge in [0.15, 0.2) is 0 Å². The summed E-state index contributed by atoms with van der Waals surface area (Å²) in [6, 6.07) is -0.535.